The van der Waals surface area contributed by atoms with Crippen LogP contribution in [0, 0.1) is 5.92 Å². The molecule has 0 aromatic carbocycles. The second-order valence-corrected chi connectivity index (χ2v) is 4.30. The van der Waals surface area contributed by atoms with Gasteiger partial charge in [-0.05, 0) is 12.8 Å². The van der Waals surface area contributed by atoms with Gasteiger partial charge in [0.1, 0.15) is 6.10 Å². The van der Waals surface area contributed by atoms with E-state index in [-0.39, 0.29) is 18.5 Å². The van der Waals surface area contributed by atoms with Gasteiger partial charge in [-0.25, -0.2) is 0 Å². The molecule has 1 rings (SSSR count). The zero-order valence-electron chi connectivity index (χ0n) is 10.0. The Balaban J connectivity index is 2.58. The number of rotatable bonds is 5. The molecule has 0 aliphatic heterocycles. The van der Waals surface area contributed by atoms with E-state index in [1.165, 1.54) is 7.11 Å². The minimum Gasteiger partial charge on any atom is -0.481 e. The third kappa shape index (κ3) is 3.67. The molecule has 6 heteroatoms. The minimum absolute atomic E-state index is 0.0901. The summed E-state index contributed by atoms with van der Waals surface area (Å²) in [6, 6.07) is -0.307. The van der Waals surface area contributed by atoms with Crippen LogP contribution in [0.3, 0.4) is 0 Å². The van der Waals surface area contributed by atoms with Crippen LogP contribution < -0.4 is 11.1 Å². The molecular formula is C11H20N2O4. The molecule has 0 saturated heterocycles. The van der Waals surface area contributed by atoms with Crippen molar-refractivity contribution in [2.45, 2.75) is 37.8 Å². The van der Waals surface area contributed by atoms with E-state index in [1.54, 1.807) is 0 Å². The number of carbonyl (C=O) groups excluding carboxylic acids is 1. The van der Waals surface area contributed by atoms with Crippen LogP contribution in [-0.4, -0.2) is 42.8 Å². The molecule has 98 valence electrons. The lowest BCUT2D eigenvalue weighted by Crippen LogP contribution is -2.50. The summed E-state index contributed by atoms with van der Waals surface area (Å²) < 4.78 is 4.91. The summed E-state index contributed by atoms with van der Waals surface area (Å²) in [6.45, 7) is 0.0901. The van der Waals surface area contributed by atoms with Crippen molar-refractivity contribution in [1.29, 1.82) is 0 Å². The monoisotopic (exact) mass is 244 g/mol. The molecule has 1 aliphatic carbocycles. The van der Waals surface area contributed by atoms with Gasteiger partial charge in [0.2, 0.25) is 0 Å². The second kappa shape index (κ2) is 6.56. The van der Waals surface area contributed by atoms with Crippen LogP contribution in [0.15, 0.2) is 0 Å². The largest absolute Gasteiger partial charge is 0.481 e. The van der Waals surface area contributed by atoms with E-state index in [0.29, 0.717) is 12.8 Å². The summed E-state index contributed by atoms with van der Waals surface area (Å²) >= 11 is 0. The maximum Gasteiger partial charge on any atom is 0.308 e. The molecule has 1 aliphatic rings. The number of ether oxygens (including phenoxy) is 1. The van der Waals surface area contributed by atoms with Gasteiger partial charge in [0.15, 0.2) is 0 Å². The second-order valence-electron chi connectivity index (χ2n) is 4.30. The summed E-state index contributed by atoms with van der Waals surface area (Å²) in [6.07, 6.45) is 2.44. The quantitative estimate of drug-likeness (QED) is 0.617. The van der Waals surface area contributed by atoms with Crippen molar-refractivity contribution in [1.82, 2.24) is 5.32 Å². The zero-order chi connectivity index (χ0) is 12.8. The summed E-state index contributed by atoms with van der Waals surface area (Å²) in [5.74, 6) is -1.67. The van der Waals surface area contributed by atoms with Crippen LogP contribution in [0.2, 0.25) is 0 Å². The fraction of sp³-hybridized carbons (Fsp3) is 0.818. The summed E-state index contributed by atoms with van der Waals surface area (Å²) in [5.41, 5.74) is 5.38. The first kappa shape index (κ1) is 13.9. The van der Waals surface area contributed by atoms with Gasteiger partial charge in [-0.1, -0.05) is 12.8 Å². The highest BCUT2D eigenvalue weighted by molar-refractivity contribution is 5.82. The predicted molar refractivity (Wildman–Crippen MR) is 61.4 cm³/mol. The van der Waals surface area contributed by atoms with E-state index >= 15 is 0 Å². The van der Waals surface area contributed by atoms with Gasteiger partial charge in [0.05, 0.1) is 5.92 Å². The highest BCUT2D eigenvalue weighted by Gasteiger charge is 2.33. The third-order valence-corrected chi connectivity index (χ3v) is 3.20. The van der Waals surface area contributed by atoms with Crippen molar-refractivity contribution in [3.63, 3.8) is 0 Å². The summed E-state index contributed by atoms with van der Waals surface area (Å²) in [4.78, 5) is 22.8. The highest BCUT2D eigenvalue weighted by atomic mass is 16.5. The Morgan fingerprint density at radius 3 is 2.65 bits per heavy atom. The Bertz CT molecular complexity index is 279. The molecule has 4 N–H and O–H groups in total. The van der Waals surface area contributed by atoms with Crippen molar-refractivity contribution in [2.75, 3.05) is 13.7 Å². The molecule has 6 nitrogen and oxygen atoms in total. The number of methoxy groups -OCH3 is 1. The third-order valence-electron chi connectivity index (χ3n) is 3.20. The van der Waals surface area contributed by atoms with Gasteiger partial charge >= 0.3 is 5.97 Å². The standard InChI is InChI=1S/C11H20N2O4/c1-17-9(6-12)10(14)13-8-5-3-2-4-7(8)11(15)16/h7-9H,2-6,12H2,1H3,(H,13,14)(H,15,16). The Kier molecular flexibility index (Phi) is 5.37. The van der Waals surface area contributed by atoms with Crippen molar-refractivity contribution in [2.24, 2.45) is 11.7 Å². The molecule has 3 unspecified atom stereocenters. The first-order valence-electron chi connectivity index (χ1n) is 5.86. The van der Waals surface area contributed by atoms with Crippen LogP contribution in [0.1, 0.15) is 25.7 Å². The molecule has 3 atom stereocenters. The number of hydrogen-bond acceptors (Lipinski definition) is 4. The SMILES string of the molecule is COC(CN)C(=O)NC1CCCCC1C(=O)O. The maximum atomic E-state index is 11.7. The van der Waals surface area contributed by atoms with Crippen LogP contribution in [0.5, 0.6) is 0 Å². The number of carboxylic acids is 1. The zero-order valence-corrected chi connectivity index (χ0v) is 10.0. The number of aliphatic carboxylic acids is 1. The smallest absolute Gasteiger partial charge is 0.308 e. The molecular weight excluding hydrogens is 224 g/mol. The van der Waals surface area contributed by atoms with Gasteiger partial charge in [-0.15, -0.1) is 0 Å². The van der Waals surface area contributed by atoms with E-state index in [0.717, 1.165) is 12.8 Å². The molecule has 1 saturated carbocycles. The molecule has 0 radical (unpaired) electrons. The number of nitrogens with one attached hydrogen (secondary N) is 1. The molecule has 1 amide bonds. The number of carboxylic acid groups (broad SMARTS) is 1. The minimum atomic E-state index is -0.850. The lowest BCUT2D eigenvalue weighted by Gasteiger charge is -2.30. The number of amides is 1. The maximum absolute atomic E-state index is 11.7. The Hall–Kier alpha value is -1.14. The van der Waals surface area contributed by atoms with E-state index < -0.39 is 18.0 Å². The van der Waals surface area contributed by atoms with Gasteiger partial charge in [-0.3, -0.25) is 9.59 Å². The van der Waals surface area contributed by atoms with Crippen LogP contribution in [0.25, 0.3) is 0 Å². The fourth-order valence-corrected chi connectivity index (χ4v) is 2.19. The van der Waals surface area contributed by atoms with E-state index in [2.05, 4.69) is 5.32 Å². The van der Waals surface area contributed by atoms with E-state index in [9.17, 15) is 9.59 Å². The lowest BCUT2D eigenvalue weighted by molar-refractivity contribution is -0.144. The van der Waals surface area contributed by atoms with Gasteiger partial charge in [-0.2, -0.15) is 0 Å². The average Bonchev–Trinajstić information content (AvgIpc) is 2.31. The van der Waals surface area contributed by atoms with Gasteiger partial charge in [0.25, 0.3) is 5.91 Å². The van der Waals surface area contributed by atoms with Crippen LogP contribution in [0.4, 0.5) is 0 Å². The van der Waals surface area contributed by atoms with E-state index in [1.807, 2.05) is 0 Å². The fourth-order valence-electron chi connectivity index (χ4n) is 2.19. The molecule has 0 aromatic rings. The van der Waals surface area contributed by atoms with Crippen molar-refractivity contribution >= 4 is 11.9 Å². The lowest BCUT2D eigenvalue weighted by atomic mass is 9.84. The highest BCUT2D eigenvalue weighted by Crippen LogP contribution is 2.24. The topological polar surface area (TPSA) is 102 Å². The first-order chi connectivity index (χ1) is 8.10. The Morgan fingerprint density at radius 2 is 2.12 bits per heavy atom. The molecule has 0 spiro atoms. The predicted octanol–water partition coefficient (Wildman–Crippen LogP) is -0.280. The number of carbonyl (C=O) groups is 2. The summed E-state index contributed by atoms with van der Waals surface area (Å²) in [5, 5.41) is 11.8. The van der Waals surface area contributed by atoms with Gasteiger partial charge < -0.3 is 20.9 Å². The van der Waals surface area contributed by atoms with Crippen molar-refractivity contribution in [3.05, 3.63) is 0 Å². The summed E-state index contributed by atoms with van der Waals surface area (Å²) in [7, 11) is 1.41. The van der Waals surface area contributed by atoms with Crippen molar-refractivity contribution in [3.8, 4) is 0 Å². The molecule has 0 bridgehead atoms. The molecule has 17 heavy (non-hydrogen) atoms. The van der Waals surface area contributed by atoms with Crippen LogP contribution >= 0.6 is 0 Å². The van der Waals surface area contributed by atoms with Gasteiger partial charge in [0, 0.05) is 19.7 Å². The molecule has 1 fully saturated rings. The molecule has 0 aromatic heterocycles. The Labute approximate surface area is 101 Å². The average molecular weight is 244 g/mol. The first-order valence-corrected chi connectivity index (χ1v) is 5.86. The van der Waals surface area contributed by atoms with Crippen LogP contribution in [-0.2, 0) is 14.3 Å². The Morgan fingerprint density at radius 1 is 1.47 bits per heavy atom. The number of nitrogens with two attached hydrogens (primary N) is 1. The van der Waals surface area contributed by atoms with E-state index in [4.69, 9.17) is 15.6 Å². The normalized spacial score (nSPS) is 26.2. The number of hydrogen-bond donors (Lipinski definition) is 3. The van der Waals surface area contributed by atoms with Crippen molar-refractivity contribution < 1.29 is 19.4 Å². The molecule has 0 heterocycles.